The third-order valence-electron chi connectivity index (χ3n) is 5.87. The fourth-order valence-electron chi connectivity index (χ4n) is 4.19. The lowest BCUT2D eigenvalue weighted by Crippen LogP contribution is -2.45. The molecular formula is C25H32FN3O5Si. The van der Waals surface area contributed by atoms with E-state index >= 15 is 0 Å². The van der Waals surface area contributed by atoms with Crippen LogP contribution in [0.15, 0.2) is 30.3 Å². The van der Waals surface area contributed by atoms with Gasteiger partial charge in [-0.05, 0) is 36.7 Å². The number of amides is 2. The van der Waals surface area contributed by atoms with Gasteiger partial charge in [0.1, 0.15) is 11.9 Å². The number of anilines is 1. The van der Waals surface area contributed by atoms with Crippen LogP contribution in [0.25, 0.3) is 0 Å². The van der Waals surface area contributed by atoms with Crippen LogP contribution in [0.1, 0.15) is 43.5 Å². The van der Waals surface area contributed by atoms with Crippen LogP contribution in [0.4, 0.5) is 10.1 Å². The van der Waals surface area contributed by atoms with Crippen LogP contribution in [0.5, 0.6) is 5.88 Å². The Labute approximate surface area is 205 Å². The number of ether oxygens (including phenoxy) is 1. The monoisotopic (exact) mass is 501 g/mol. The van der Waals surface area contributed by atoms with E-state index in [-0.39, 0.29) is 37.5 Å². The van der Waals surface area contributed by atoms with Gasteiger partial charge in [0.05, 0.1) is 20.4 Å². The van der Waals surface area contributed by atoms with Crippen LogP contribution in [-0.2, 0) is 20.8 Å². The van der Waals surface area contributed by atoms with Gasteiger partial charge in [-0.1, -0.05) is 25.7 Å². The first kappa shape index (κ1) is 26.3. The van der Waals surface area contributed by atoms with Crippen molar-refractivity contribution in [1.29, 1.82) is 0 Å². The second-order valence-electron chi connectivity index (χ2n) is 9.54. The molecule has 2 N–H and O–H groups in total. The minimum Gasteiger partial charge on any atom is -0.481 e. The van der Waals surface area contributed by atoms with Gasteiger partial charge in [-0.2, -0.15) is 0 Å². The minimum absolute atomic E-state index is 0.00933. The number of hydrogen-bond acceptors (Lipinski definition) is 5. The van der Waals surface area contributed by atoms with Crippen molar-refractivity contribution in [2.75, 3.05) is 18.5 Å². The summed E-state index contributed by atoms with van der Waals surface area (Å²) in [5.41, 5.74) is 1.53. The van der Waals surface area contributed by atoms with Crippen molar-refractivity contribution in [2.24, 2.45) is 0 Å². The van der Waals surface area contributed by atoms with Gasteiger partial charge in [-0.3, -0.25) is 14.4 Å². The first-order valence-electron chi connectivity index (χ1n) is 11.8. The van der Waals surface area contributed by atoms with E-state index in [0.29, 0.717) is 41.0 Å². The molecule has 2 amide bonds. The molecule has 2 heterocycles. The average molecular weight is 502 g/mol. The van der Waals surface area contributed by atoms with Crippen LogP contribution in [0.2, 0.25) is 19.6 Å². The SMILES string of the molecule is CCOc1ccc2c(n1)CCN(C(=O)CCCC(=O)O)[C@H]2C(=O)Nc1ccc([Si](C)(C)C)c(F)c1. The molecule has 3 rings (SSSR count). The molecule has 0 spiro atoms. The number of aromatic nitrogens is 1. The number of hydrogen-bond donors (Lipinski definition) is 2. The highest BCUT2D eigenvalue weighted by atomic mass is 28.3. The summed E-state index contributed by atoms with van der Waals surface area (Å²) in [4.78, 5) is 43.3. The van der Waals surface area contributed by atoms with Crippen molar-refractivity contribution in [1.82, 2.24) is 9.88 Å². The summed E-state index contributed by atoms with van der Waals surface area (Å²) < 4.78 is 20.2. The molecule has 0 bridgehead atoms. The number of carboxylic acids is 1. The summed E-state index contributed by atoms with van der Waals surface area (Å²) in [7, 11) is -1.88. The molecule has 1 aromatic carbocycles. The number of carboxylic acid groups (broad SMARTS) is 1. The molecule has 0 saturated heterocycles. The van der Waals surface area contributed by atoms with Gasteiger partial charge in [0.15, 0.2) is 0 Å². The Hall–Kier alpha value is -3.27. The zero-order valence-electron chi connectivity index (χ0n) is 20.6. The van der Waals surface area contributed by atoms with Crippen LogP contribution >= 0.6 is 0 Å². The zero-order valence-corrected chi connectivity index (χ0v) is 21.6. The number of carbonyl (C=O) groups is 3. The van der Waals surface area contributed by atoms with Crippen molar-refractivity contribution in [2.45, 2.75) is 58.3 Å². The predicted octanol–water partition coefficient (Wildman–Crippen LogP) is 3.48. The topological polar surface area (TPSA) is 109 Å². The average Bonchev–Trinajstić information content (AvgIpc) is 2.77. The van der Waals surface area contributed by atoms with Crippen molar-refractivity contribution in [3.63, 3.8) is 0 Å². The smallest absolute Gasteiger partial charge is 0.303 e. The van der Waals surface area contributed by atoms with Crippen molar-refractivity contribution in [3.8, 4) is 5.88 Å². The summed E-state index contributed by atoms with van der Waals surface area (Å²) in [6, 6.07) is 7.10. The molecule has 0 radical (unpaired) electrons. The molecule has 1 aliphatic rings. The van der Waals surface area contributed by atoms with Crippen LogP contribution < -0.4 is 15.2 Å². The fraction of sp³-hybridized carbons (Fsp3) is 0.440. The highest BCUT2D eigenvalue weighted by molar-refractivity contribution is 6.88. The second-order valence-corrected chi connectivity index (χ2v) is 14.6. The lowest BCUT2D eigenvalue weighted by molar-refractivity contribution is -0.140. The van der Waals surface area contributed by atoms with Crippen molar-refractivity contribution >= 4 is 36.7 Å². The van der Waals surface area contributed by atoms with E-state index in [2.05, 4.69) is 10.3 Å². The van der Waals surface area contributed by atoms with Gasteiger partial charge in [-0.25, -0.2) is 9.37 Å². The Kier molecular flexibility index (Phi) is 8.26. The quantitative estimate of drug-likeness (QED) is 0.509. The maximum atomic E-state index is 14.8. The van der Waals surface area contributed by atoms with Crippen molar-refractivity contribution < 1.29 is 28.6 Å². The van der Waals surface area contributed by atoms with Gasteiger partial charge in [0.2, 0.25) is 11.8 Å². The molecule has 8 nitrogen and oxygen atoms in total. The number of nitrogens with zero attached hydrogens (tertiary/aromatic N) is 2. The third kappa shape index (κ3) is 6.44. The number of nitrogens with one attached hydrogen (secondary N) is 1. The number of halogens is 1. The summed E-state index contributed by atoms with van der Waals surface area (Å²) >= 11 is 0. The van der Waals surface area contributed by atoms with E-state index < -0.39 is 26.0 Å². The van der Waals surface area contributed by atoms with Gasteiger partial charge >= 0.3 is 5.97 Å². The van der Waals surface area contributed by atoms with Crippen molar-refractivity contribution in [3.05, 3.63) is 47.4 Å². The molecule has 0 fully saturated rings. The first-order chi connectivity index (χ1) is 16.5. The summed E-state index contributed by atoms with van der Waals surface area (Å²) in [6.45, 7) is 8.67. The van der Waals surface area contributed by atoms with Crippen LogP contribution in [0, 0.1) is 5.82 Å². The predicted molar refractivity (Wildman–Crippen MR) is 133 cm³/mol. The van der Waals surface area contributed by atoms with Gasteiger partial charge < -0.3 is 20.1 Å². The fourth-order valence-corrected chi connectivity index (χ4v) is 5.56. The van der Waals surface area contributed by atoms with E-state index in [1.165, 1.54) is 11.0 Å². The number of aliphatic carboxylic acids is 1. The molecule has 188 valence electrons. The Balaban J connectivity index is 1.90. The van der Waals surface area contributed by atoms with E-state index in [1.54, 1.807) is 24.3 Å². The number of fused-ring (bicyclic) bond motifs is 1. The molecule has 0 unspecified atom stereocenters. The van der Waals surface area contributed by atoms with Gasteiger partial charge in [0, 0.05) is 43.1 Å². The molecule has 2 aromatic rings. The Morgan fingerprint density at radius 1 is 1.20 bits per heavy atom. The van der Waals surface area contributed by atoms with E-state index in [1.807, 2.05) is 26.6 Å². The lowest BCUT2D eigenvalue weighted by Gasteiger charge is -2.36. The van der Waals surface area contributed by atoms with E-state index in [4.69, 9.17) is 9.84 Å². The Morgan fingerprint density at radius 3 is 2.57 bits per heavy atom. The number of carbonyl (C=O) groups excluding carboxylic acids is 2. The summed E-state index contributed by atoms with van der Waals surface area (Å²) in [5, 5.41) is 12.3. The van der Waals surface area contributed by atoms with E-state index in [0.717, 1.165) is 0 Å². The maximum Gasteiger partial charge on any atom is 0.303 e. The zero-order chi connectivity index (χ0) is 25.8. The normalized spacial score (nSPS) is 15.3. The Morgan fingerprint density at radius 2 is 1.94 bits per heavy atom. The van der Waals surface area contributed by atoms with Crippen LogP contribution in [0.3, 0.4) is 0 Å². The molecule has 0 saturated carbocycles. The van der Waals surface area contributed by atoms with E-state index in [9.17, 15) is 18.8 Å². The molecule has 0 aliphatic carbocycles. The minimum atomic E-state index is -1.88. The molecule has 35 heavy (non-hydrogen) atoms. The summed E-state index contributed by atoms with van der Waals surface area (Å²) in [5.74, 6) is -1.70. The standard InChI is InChI=1S/C25H32FN3O5Si/c1-5-34-21-12-10-17-19(28-21)13-14-29(22(30)7-6-8-23(31)32)24(17)25(33)27-16-9-11-20(18(26)15-16)35(2,3)4/h9-12,15,24H,5-8,13-14H2,1-4H3,(H,27,33)(H,31,32)/t24-/m1/s1. The number of pyridine rings is 1. The molecule has 1 aromatic heterocycles. The molecule has 1 aliphatic heterocycles. The molecular weight excluding hydrogens is 469 g/mol. The molecule has 10 heteroatoms. The third-order valence-corrected chi connectivity index (χ3v) is 7.89. The van der Waals surface area contributed by atoms with Gasteiger partial charge in [0.25, 0.3) is 5.91 Å². The Bertz CT molecular complexity index is 1120. The van der Waals surface area contributed by atoms with Crippen LogP contribution in [-0.4, -0.2) is 54.0 Å². The largest absolute Gasteiger partial charge is 0.481 e. The summed E-state index contributed by atoms with van der Waals surface area (Å²) in [6.07, 6.45) is 0.491. The number of rotatable bonds is 9. The highest BCUT2D eigenvalue weighted by Crippen LogP contribution is 2.32. The van der Waals surface area contributed by atoms with Gasteiger partial charge in [-0.15, -0.1) is 0 Å². The molecule has 1 atom stereocenters. The highest BCUT2D eigenvalue weighted by Gasteiger charge is 2.37. The maximum absolute atomic E-state index is 14.8. The second kappa shape index (κ2) is 11.0. The number of benzene rings is 1. The lowest BCUT2D eigenvalue weighted by atomic mass is 9.95. The first-order valence-corrected chi connectivity index (χ1v) is 15.3.